The molecule has 1 aromatic carbocycles. The first-order valence-electron chi connectivity index (χ1n) is 8.55. The van der Waals surface area contributed by atoms with E-state index in [9.17, 15) is 9.59 Å². The molecule has 0 unspecified atom stereocenters. The van der Waals surface area contributed by atoms with Crippen molar-refractivity contribution in [3.63, 3.8) is 0 Å². The van der Waals surface area contributed by atoms with Gasteiger partial charge in [0.15, 0.2) is 11.4 Å². The van der Waals surface area contributed by atoms with Gasteiger partial charge in [0.25, 0.3) is 11.5 Å². The van der Waals surface area contributed by atoms with Gasteiger partial charge in [-0.2, -0.15) is 9.78 Å². The van der Waals surface area contributed by atoms with E-state index in [0.717, 1.165) is 18.4 Å². The van der Waals surface area contributed by atoms with Crippen LogP contribution in [0.15, 0.2) is 35.1 Å². The molecule has 0 bridgehead atoms. The first-order valence-corrected chi connectivity index (χ1v) is 8.55. The zero-order valence-electron chi connectivity index (χ0n) is 14.9. The Morgan fingerprint density at radius 1 is 1.32 bits per heavy atom. The standard InChI is InChI=1S/C19H23N3O3/c1-13-7-6-10-21(12-13)19(24)18-16(25-3)11-17(23)22(20-18)15-9-5-4-8-14(15)2/h4-5,8-9,11,13H,6-7,10,12H2,1-3H3/t13-/m1/s1. The van der Waals surface area contributed by atoms with Gasteiger partial charge in [-0.25, -0.2) is 0 Å². The summed E-state index contributed by atoms with van der Waals surface area (Å²) in [6.07, 6.45) is 2.10. The normalized spacial score (nSPS) is 17.4. The van der Waals surface area contributed by atoms with Gasteiger partial charge in [-0.1, -0.05) is 25.1 Å². The largest absolute Gasteiger partial charge is 0.494 e. The fraction of sp³-hybridized carbons (Fsp3) is 0.421. The first-order chi connectivity index (χ1) is 12.0. The fourth-order valence-corrected chi connectivity index (χ4v) is 3.24. The number of amides is 1. The number of aromatic nitrogens is 2. The van der Waals surface area contributed by atoms with Gasteiger partial charge in [0.2, 0.25) is 0 Å². The molecule has 1 amide bonds. The molecule has 0 N–H and O–H groups in total. The number of piperidine rings is 1. The van der Waals surface area contributed by atoms with Crippen LogP contribution in [0.3, 0.4) is 0 Å². The van der Waals surface area contributed by atoms with E-state index >= 15 is 0 Å². The number of carbonyl (C=O) groups is 1. The van der Waals surface area contributed by atoms with Crippen LogP contribution in [0.1, 0.15) is 35.8 Å². The molecule has 132 valence electrons. The molecule has 0 spiro atoms. The van der Waals surface area contributed by atoms with E-state index in [1.54, 1.807) is 4.90 Å². The van der Waals surface area contributed by atoms with Gasteiger partial charge in [0.1, 0.15) is 0 Å². The molecule has 1 aliphatic heterocycles. The Labute approximate surface area is 147 Å². The average Bonchev–Trinajstić information content (AvgIpc) is 2.61. The molecule has 0 aliphatic carbocycles. The van der Waals surface area contributed by atoms with E-state index in [2.05, 4.69) is 12.0 Å². The molecule has 2 heterocycles. The molecule has 0 radical (unpaired) electrons. The van der Waals surface area contributed by atoms with Crippen LogP contribution in [0.5, 0.6) is 5.75 Å². The predicted octanol–water partition coefficient (Wildman–Crippen LogP) is 2.42. The zero-order valence-corrected chi connectivity index (χ0v) is 14.9. The zero-order chi connectivity index (χ0) is 18.0. The summed E-state index contributed by atoms with van der Waals surface area (Å²) in [6.45, 7) is 5.45. The molecule has 1 atom stereocenters. The van der Waals surface area contributed by atoms with Crippen molar-refractivity contribution in [2.24, 2.45) is 5.92 Å². The number of hydrogen-bond donors (Lipinski definition) is 0. The smallest absolute Gasteiger partial charge is 0.278 e. The van der Waals surface area contributed by atoms with Gasteiger partial charge >= 0.3 is 0 Å². The van der Waals surface area contributed by atoms with Gasteiger partial charge in [0.05, 0.1) is 18.9 Å². The Morgan fingerprint density at radius 2 is 2.08 bits per heavy atom. The van der Waals surface area contributed by atoms with Crippen LogP contribution in [0, 0.1) is 12.8 Å². The van der Waals surface area contributed by atoms with Gasteiger partial charge in [-0.05, 0) is 37.3 Å². The van der Waals surface area contributed by atoms with Crippen molar-refractivity contribution in [1.29, 1.82) is 0 Å². The van der Waals surface area contributed by atoms with Crippen LogP contribution in [-0.2, 0) is 0 Å². The fourth-order valence-electron chi connectivity index (χ4n) is 3.24. The van der Waals surface area contributed by atoms with Crippen LogP contribution < -0.4 is 10.3 Å². The molecule has 25 heavy (non-hydrogen) atoms. The minimum absolute atomic E-state index is 0.180. The second kappa shape index (κ2) is 7.09. The highest BCUT2D eigenvalue weighted by Crippen LogP contribution is 2.22. The predicted molar refractivity (Wildman–Crippen MR) is 95.4 cm³/mol. The molecule has 6 heteroatoms. The number of para-hydroxylation sites is 1. The highest BCUT2D eigenvalue weighted by molar-refractivity contribution is 5.94. The number of methoxy groups -OCH3 is 1. The van der Waals surface area contributed by atoms with Gasteiger partial charge in [-0.3, -0.25) is 9.59 Å². The van der Waals surface area contributed by atoms with Gasteiger partial charge in [-0.15, -0.1) is 0 Å². The number of aryl methyl sites for hydroxylation is 1. The summed E-state index contributed by atoms with van der Waals surface area (Å²) in [5, 5.41) is 4.36. The number of benzene rings is 1. The third-order valence-electron chi connectivity index (χ3n) is 4.61. The SMILES string of the molecule is COc1cc(=O)n(-c2ccccc2C)nc1C(=O)N1CCC[C@@H](C)C1. The molecule has 1 fully saturated rings. The molecular formula is C19H23N3O3. The lowest BCUT2D eigenvalue weighted by Gasteiger charge is -2.31. The Hall–Kier alpha value is -2.63. The molecule has 1 saturated heterocycles. The molecule has 1 aromatic heterocycles. The number of carbonyl (C=O) groups excluding carboxylic acids is 1. The molecule has 0 saturated carbocycles. The summed E-state index contributed by atoms with van der Waals surface area (Å²) >= 11 is 0. The number of nitrogens with zero attached hydrogens (tertiary/aromatic N) is 3. The summed E-state index contributed by atoms with van der Waals surface area (Å²) in [5.74, 6) is 0.495. The number of ether oxygens (including phenoxy) is 1. The van der Waals surface area contributed by atoms with E-state index in [4.69, 9.17) is 4.74 Å². The second-order valence-corrected chi connectivity index (χ2v) is 6.60. The third kappa shape index (κ3) is 3.43. The van der Waals surface area contributed by atoms with Gasteiger partial charge < -0.3 is 9.64 Å². The van der Waals surface area contributed by atoms with E-state index in [1.165, 1.54) is 17.9 Å². The number of rotatable bonds is 3. The van der Waals surface area contributed by atoms with Crippen molar-refractivity contribution in [3.05, 3.63) is 51.9 Å². The highest BCUT2D eigenvalue weighted by atomic mass is 16.5. The summed E-state index contributed by atoms with van der Waals surface area (Å²) in [6, 6.07) is 8.79. The Bertz CT molecular complexity index is 844. The van der Waals surface area contributed by atoms with Crippen molar-refractivity contribution in [1.82, 2.24) is 14.7 Å². The van der Waals surface area contributed by atoms with Crippen LogP contribution in [0.2, 0.25) is 0 Å². The summed E-state index contributed by atoms with van der Waals surface area (Å²) in [4.78, 5) is 27.2. The molecular weight excluding hydrogens is 318 g/mol. The topological polar surface area (TPSA) is 64.4 Å². The molecule has 2 aromatic rings. The van der Waals surface area contributed by atoms with Crippen molar-refractivity contribution >= 4 is 5.91 Å². The lowest BCUT2D eigenvalue weighted by Crippen LogP contribution is -2.40. The second-order valence-electron chi connectivity index (χ2n) is 6.60. The average molecular weight is 341 g/mol. The summed E-state index contributed by atoms with van der Waals surface area (Å²) in [5.41, 5.74) is 1.43. The van der Waals surface area contributed by atoms with Crippen molar-refractivity contribution in [2.45, 2.75) is 26.7 Å². The van der Waals surface area contributed by atoms with E-state index in [1.807, 2.05) is 31.2 Å². The van der Waals surface area contributed by atoms with Crippen molar-refractivity contribution in [3.8, 4) is 11.4 Å². The molecule has 6 nitrogen and oxygen atoms in total. The quantitative estimate of drug-likeness (QED) is 0.860. The van der Waals surface area contributed by atoms with Crippen LogP contribution >= 0.6 is 0 Å². The van der Waals surface area contributed by atoms with Crippen LogP contribution in [-0.4, -0.2) is 40.8 Å². The Kier molecular flexibility index (Phi) is 4.88. The Morgan fingerprint density at radius 3 is 2.76 bits per heavy atom. The number of likely N-dealkylation sites (tertiary alicyclic amines) is 1. The minimum atomic E-state index is -0.324. The van der Waals surface area contributed by atoms with Crippen molar-refractivity contribution < 1.29 is 9.53 Å². The lowest BCUT2D eigenvalue weighted by molar-refractivity contribution is 0.0671. The molecule has 3 rings (SSSR count). The third-order valence-corrected chi connectivity index (χ3v) is 4.61. The maximum Gasteiger partial charge on any atom is 0.278 e. The minimum Gasteiger partial charge on any atom is -0.494 e. The number of hydrogen-bond acceptors (Lipinski definition) is 4. The van der Waals surface area contributed by atoms with E-state index in [-0.39, 0.29) is 22.9 Å². The van der Waals surface area contributed by atoms with Crippen LogP contribution in [0.25, 0.3) is 5.69 Å². The first kappa shape index (κ1) is 17.2. The maximum atomic E-state index is 13.0. The van der Waals surface area contributed by atoms with Gasteiger partial charge in [0, 0.05) is 13.1 Å². The summed E-state index contributed by atoms with van der Waals surface area (Å²) in [7, 11) is 1.45. The van der Waals surface area contributed by atoms with E-state index in [0.29, 0.717) is 24.7 Å². The maximum absolute atomic E-state index is 13.0. The Balaban J connectivity index is 2.07. The highest BCUT2D eigenvalue weighted by Gasteiger charge is 2.27. The lowest BCUT2D eigenvalue weighted by atomic mass is 10.00. The summed E-state index contributed by atoms with van der Waals surface area (Å²) < 4.78 is 6.54. The molecule has 1 aliphatic rings. The van der Waals surface area contributed by atoms with Crippen molar-refractivity contribution in [2.75, 3.05) is 20.2 Å². The van der Waals surface area contributed by atoms with Crippen LogP contribution in [0.4, 0.5) is 0 Å². The monoisotopic (exact) mass is 341 g/mol. The van der Waals surface area contributed by atoms with E-state index < -0.39 is 0 Å².